The van der Waals surface area contributed by atoms with Crippen LogP contribution in [-0.4, -0.2) is 11.1 Å². The van der Waals surface area contributed by atoms with Crippen molar-refractivity contribution in [1.29, 1.82) is 0 Å². The SMILES string of the molecule is C/C=C(\C)CC(C)C(Cl)/C=C(\C)SCCC. The maximum atomic E-state index is 6.39. The van der Waals surface area contributed by atoms with Gasteiger partial charge < -0.3 is 0 Å². The first-order valence-corrected chi connectivity index (χ1v) is 7.50. The van der Waals surface area contributed by atoms with Gasteiger partial charge in [-0.05, 0) is 50.2 Å². The molecule has 16 heavy (non-hydrogen) atoms. The molecule has 2 unspecified atom stereocenters. The molecule has 0 saturated heterocycles. The summed E-state index contributed by atoms with van der Waals surface area (Å²) in [6.07, 6.45) is 6.68. The first-order valence-electron chi connectivity index (χ1n) is 6.08. The molecule has 0 fully saturated rings. The van der Waals surface area contributed by atoms with E-state index >= 15 is 0 Å². The van der Waals surface area contributed by atoms with Crippen LogP contribution in [0.25, 0.3) is 0 Å². The molecular weight excluding hydrogens is 236 g/mol. The third-order valence-corrected chi connectivity index (χ3v) is 4.37. The minimum Gasteiger partial charge on any atom is -0.131 e. The van der Waals surface area contributed by atoms with Crippen LogP contribution in [0.1, 0.15) is 47.5 Å². The average Bonchev–Trinajstić information content (AvgIpc) is 2.25. The molecule has 0 rings (SSSR count). The highest BCUT2D eigenvalue weighted by molar-refractivity contribution is 8.03. The second kappa shape index (κ2) is 9.18. The molecule has 0 aliphatic heterocycles. The van der Waals surface area contributed by atoms with Gasteiger partial charge in [-0.25, -0.2) is 0 Å². The van der Waals surface area contributed by atoms with E-state index in [9.17, 15) is 0 Å². The van der Waals surface area contributed by atoms with E-state index in [1.165, 1.54) is 22.7 Å². The zero-order valence-corrected chi connectivity index (χ0v) is 12.8. The number of allylic oxidation sites excluding steroid dienone is 4. The Balaban J connectivity index is 4.16. The van der Waals surface area contributed by atoms with Gasteiger partial charge in [-0.1, -0.05) is 31.6 Å². The summed E-state index contributed by atoms with van der Waals surface area (Å²) in [7, 11) is 0. The van der Waals surface area contributed by atoms with Crippen molar-refractivity contribution in [1.82, 2.24) is 0 Å². The van der Waals surface area contributed by atoms with E-state index in [-0.39, 0.29) is 5.38 Å². The third-order valence-electron chi connectivity index (χ3n) is 2.61. The molecule has 0 aromatic carbocycles. The molecular formula is C14H25ClS. The third kappa shape index (κ3) is 7.40. The number of hydrogen-bond acceptors (Lipinski definition) is 1. The molecule has 0 amide bonds. The van der Waals surface area contributed by atoms with E-state index in [2.05, 4.69) is 46.8 Å². The monoisotopic (exact) mass is 260 g/mol. The molecule has 2 heteroatoms. The van der Waals surface area contributed by atoms with Crippen LogP contribution >= 0.6 is 23.4 Å². The molecule has 0 aliphatic carbocycles. The van der Waals surface area contributed by atoms with Gasteiger partial charge in [0, 0.05) is 0 Å². The van der Waals surface area contributed by atoms with Crippen molar-refractivity contribution in [3.63, 3.8) is 0 Å². The molecule has 0 bridgehead atoms. The summed E-state index contributed by atoms with van der Waals surface area (Å²) in [5.74, 6) is 1.70. The maximum absolute atomic E-state index is 6.39. The summed E-state index contributed by atoms with van der Waals surface area (Å²) in [5, 5.41) is 0.152. The summed E-state index contributed by atoms with van der Waals surface area (Å²) in [5.41, 5.74) is 1.42. The topological polar surface area (TPSA) is 0 Å². The number of thioether (sulfide) groups is 1. The van der Waals surface area contributed by atoms with Gasteiger partial charge in [0.2, 0.25) is 0 Å². The van der Waals surface area contributed by atoms with Crippen molar-refractivity contribution in [2.45, 2.75) is 52.8 Å². The van der Waals surface area contributed by atoms with Crippen molar-refractivity contribution in [2.24, 2.45) is 5.92 Å². The van der Waals surface area contributed by atoms with Crippen LogP contribution in [0.3, 0.4) is 0 Å². The zero-order valence-electron chi connectivity index (χ0n) is 11.2. The molecule has 0 aromatic rings. The lowest BCUT2D eigenvalue weighted by Crippen LogP contribution is -2.09. The van der Waals surface area contributed by atoms with Crippen molar-refractivity contribution in [3.05, 3.63) is 22.6 Å². The lowest BCUT2D eigenvalue weighted by molar-refractivity contribution is 0.592. The Labute approximate surface area is 111 Å². The van der Waals surface area contributed by atoms with Crippen LogP contribution in [0.5, 0.6) is 0 Å². The fourth-order valence-corrected chi connectivity index (χ4v) is 2.56. The maximum Gasteiger partial charge on any atom is 0.0555 e. The summed E-state index contributed by atoms with van der Waals surface area (Å²) >= 11 is 8.30. The van der Waals surface area contributed by atoms with Gasteiger partial charge in [0.25, 0.3) is 0 Å². The number of rotatable bonds is 7. The largest absolute Gasteiger partial charge is 0.131 e. The van der Waals surface area contributed by atoms with Crippen molar-refractivity contribution < 1.29 is 0 Å². The Morgan fingerprint density at radius 3 is 2.50 bits per heavy atom. The molecule has 0 radical (unpaired) electrons. The van der Waals surface area contributed by atoms with Gasteiger partial charge in [0.1, 0.15) is 0 Å². The van der Waals surface area contributed by atoms with Crippen LogP contribution in [0, 0.1) is 5.92 Å². The highest BCUT2D eigenvalue weighted by Gasteiger charge is 2.12. The number of halogens is 1. The van der Waals surface area contributed by atoms with E-state index in [0.717, 1.165) is 6.42 Å². The van der Waals surface area contributed by atoms with Crippen LogP contribution < -0.4 is 0 Å². The van der Waals surface area contributed by atoms with E-state index in [1.807, 2.05) is 11.8 Å². The smallest absolute Gasteiger partial charge is 0.0555 e. The van der Waals surface area contributed by atoms with E-state index < -0.39 is 0 Å². The minimum absolute atomic E-state index is 0.152. The Kier molecular flexibility index (Phi) is 9.25. The van der Waals surface area contributed by atoms with Crippen LogP contribution in [0.4, 0.5) is 0 Å². The molecule has 0 N–H and O–H groups in total. The Morgan fingerprint density at radius 1 is 1.38 bits per heavy atom. The Morgan fingerprint density at radius 2 is 2.00 bits per heavy atom. The molecule has 0 saturated carbocycles. The molecule has 0 aromatic heterocycles. The fourth-order valence-electron chi connectivity index (χ4n) is 1.44. The number of hydrogen-bond donors (Lipinski definition) is 0. The second-order valence-electron chi connectivity index (χ2n) is 4.39. The van der Waals surface area contributed by atoms with Crippen LogP contribution in [0.15, 0.2) is 22.6 Å². The van der Waals surface area contributed by atoms with E-state index in [4.69, 9.17) is 11.6 Å². The summed E-state index contributed by atoms with van der Waals surface area (Å²) < 4.78 is 0. The quantitative estimate of drug-likeness (QED) is 0.422. The highest BCUT2D eigenvalue weighted by Crippen LogP contribution is 2.24. The fraction of sp³-hybridized carbons (Fsp3) is 0.714. The lowest BCUT2D eigenvalue weighted by Gasteiger charge is -2.16. The van der Waals surface area contributed by atoms with Gasteiger partial charge in [-0.3, -0.25) is 0 Å². The molecule has 0 aliphatic rings. The molecule has 94 valence electrons. The van der Waals surface area contributed by atoms with Gasteiger partial charge in [0.15, 0.2) is 0 Å². The van der Waals surface area contributed by atoms with Crippen LogP contribution in [0.2, 0.25) is 0 Å². The molecule has 0 nitrogen and oxygen atoms in total. The zero-order chi connectivity index (χ0) is 12.6. The Bertz CT molecular complexity index is 243. The standard InChI is InChI=1S/C14H25ClS/c1-6-8-16-13(5)10-14(15)12(4)9-11(3)7-2/h7,10,12,14H,6,8-9H2,1-5H3/b11-7+,13-10+. The summed E-state index contributed by atoms with van der Waals surface area (Å²) in [6, 6.07) is 0. The van der Waals surface area contributed by atoms with Crippen LogP contribution in [-0.2, 0) is 0 Å². The van der Waals surface area contributed by atoms with Crippen molar-refractivity contribution >= 4 is 23.4 Å². The van der Waals surface area contributed by atoms with E-state index in [0.29, 0.717) is 5.92 Å². The number of alkyl halides is 1. The molecule has 0 heterocycles. The van der Waals surface area contributed by atoms with E-state index in [1.54, 1.807) is 0 Å². The normalized spacial score (nSPS) is 17.4. The molecule has 0 spiro atoms. The highest BCUT2D eigenvalue weighted by atomic mass is 35.5. The molecule has 2 atom stereocenters. The predicted octanol–water partition coefficient (Wildman–Crippen LogP) is 5.63. The first kappa shape index (κ1) is 16.1. The first-order chi connectivity index (χ1) is 7.51. The second-order valence-corrected chi connectivity index (χ2v) is 6.23. The summed E-state index contributed by atoms with van der Waals surface area (Å²) in [6.45, 7) is 10.8. The average molecular weight is 261 g/mol. The predicted molar refractivity (Wildman–Crippen MR) is 79.4 cm³/mol. The minimum atomic E-state index is 0.152. The van der Waals surface area contributed by atoms with Gasteiger partial charge in [0.05, 0.1) is 5.38 Å². The van der Waals surface area contributed by atoms with Gasteiger partial charge in [-0.2, -0.15) is 0 Å². The summed E-state index contributed by atoms with van der Waals surface area (Å²) in [4.78, 5) is 1.35. The van der Waals surface area contributed by atoms with Crippen molar-refractivity contribution in [3.8, 4) is 0 Å². The van der Waals surface area contributed by atoms with Gasteiger partial charge in [-0.15, -0.1) is 23.4 Å². The van der Waals surface area contributed by atoms with Gasteiger partial charge >= 0.3 is 0 Å². The van der Waals surface area contributed by atoms with Crippen molar-refractivity contribution in [2.75, 3.05) is 5.75 Å². The Hall–Kier alpha value is 0.120. The lowest BCUT2D eigenvalue weighted by atomic mass is 9.98.